The van der Waals surface area contributed by atoms with Crippen LogP contribution in [0.4, 0.5) is 0 Å². The normalized spacial score (nSPS) is 10.5. The Morgan fingerprint density at radius 2 is 1.80 bits per heavy atom. The SMILES string of the molecule is Cc1ccc(Cc2nnc(CCl)s2)cc1. The van der Waals surface area contributed by atoms with Gasteiger partial charge in [-0.15, -0.1) is 21.8 Å². The molecule has 1 aromatic carbocycles. The molecule has 0 aliphatic rings. The standard InChI is InChI=1S/C11H11ClN2S/c1-8-2-4-9(5-3-8)6-10-13-14-11(7-12)15-10/h2-5H,6-7H2,1H3. The average Bonchev–Trinajstić information content (AvgIpc) is 2.69. The molecule has 0 amide bonds. The number of hydrogen-bond acceptors (Lipinski definition) is 3. The predicted octanol–water partition coefficient (Wildman–Crippen LogP) is 3.18. The minimum atomic E-state index is 0.450. The van der Waals surface area contributed by atoms with E-state index in [-0.39, 0.29) is 0 Å². The summed E-state index contributed by atoms with van der Waals surface area (Å²) in [6.07, 6.45) is 0.842. The van der Waals surface area contributed by atoms with Gasteiger partial charge in [-0.25, -0.2) is 0 Å². The first-order chi connectivity index (χ1) is 7.28. The Balaban J connectivity index is 2.11. The monoisotopic (exact) mass is 238 g/mol. The van der Waals surface area contributed by atoms with E-state index in [2.05, 4.69) is 41.4 Å². The maximum atomic E-state index is 5.67. The molecule has 0 aliphatic carbocycles. The zero-order valence-corrected chi connectivity index (χ0v) is 9.98. The summed E-state index contributed by atoms with van der Waals surface area (Å²) in [5.74, 6) is 0.450. The van der Waals surface area contributed by atoms with E-state index in [9.17, 15) is 0 Å². The Morgan fingerprint density at radius 1 is 1.13 bits per heavy atom. The van der Waals surface area contributed by atoms with Gasteiger partial charge in [0.05, 0.1) is 5.88 Å². The van der Waals surface area contributed by atoms with Gasteiger partial charge in [0.15, 0.2) is 0 Å². The Bertz CT molecular complexity index is 436. The van der Waals surface area contributed by atoms with Crippen LogP contribution in [0.3, 0.4) is 0 Å². The zero-order valence-electron chi connectivity index (χ0n) is 8.40. The summed E-state index contributed by atoms with van der Waals surface area (Å²) in [6.45, 7) is 2.08. The van der Waals surface area contributed by atoms with E-state index in [1.807, 2.05) is 0 Å². The molecule has 1 aromatic heterocycles. The molecular formula is C11H11ClN2S. The second-order valence-electron chi connectivity index (χ2n) is 3.39. The fourth-order valence-electron chi connectivity index (χ4n) is 1.29. The smallest absolute Gasteiger partial charge is 0.132 e. The van der Waals surface area contributed by atoms with E-state index in [0.717, 1.165) is 16.4 Å². The van der Waals surface area contributed by atoms with Gasteiger partial charge in [-0.05, 0) is 12.5 Å². The summed E-state index contributed by atoms with van der Waals surface area (Å²) in [6, 6.07) is 8.46. The Labute approximate surface area is 97.9 Å². The van der Waals surface area contributed by atoms with Crippen molar-refractivity contribution in [1.29, 1.82) is 0 Å². The van der Waals surface area contributed by atoms with Crippen molar-refractivity contribution in [2.75, 3.05) is 0 Å². The third-order valence-electron chi connectivity index (χ3n) is 2.10. The van der Waals surface area contributed by atoms with Crippen LogP contribution in [0.5, 0.6) is 0 Å². The van der Waals surface area contributed by atoms with Gasteiger partial charge in [0.2, 0.25) is 0 Å². The molecule has 0 unspecified atom stereocenters. The van der Waals surface area contributed by atoms with Gasteiger partial charge < -0.3 is 0 Å². The van der Waals surface area contributed by atoms with Crippen molar-refractivity contribution in [1.82, 2.24) is 10.2 Å². The summed E-state index contributed by atoms with van der Waals surface area (Å²) in [5, 5.41) is 9.98. The van der Waals surface area contributed by atoms with E-state index in [4.69, 9.17) is 11.6 Å². The van der Waals surface area contributed by atoms with Crippen LogP contribution in [-0.2, 0) is 12.3 Å². The van der Waals surface area contributed by atoms with Crippen LogP contribution in [0.2, 0.25) is 0 Å². The highest BCUT2D eigenvalue weighted by Crippen LogP contribution is 2.16. The van der Waals surface area contributed by atoms with E-state index in [0.29, 0.717) is 5.88 Å². The van der Waals surface area contributed by atoms with Crippen molar-refractivity contribution < 1.29 is 0 Å². The second-order valence-corrected chi connectivity index (χ2v) is 4.80. The molecule has 0 N–H and O–H groups in total. The predicted molar refractivity (Wildman–Crippen MR) is 63.5 cm³/mol. The maximum absolute atomic E-state index is 5.67. The van der Waals surface area contributed by atoms with Crippen molar-refractivity contribution in [3.63, 3.8) is 0 Å². The maximum Gasteiger partial charge on any atom is 0.132 e. The van der Waals surface area contributed by atoms with Crippen LogP contribution in [0.1, 0.15) is 21.1 Å². The van der Waals surface area contributed by atoms with Crippen molar-refractivity contribution in [3.8, 4) is 0 Å². The molecule has 0 atom stereocenters. The lowest BCUT2D eigenvalue weighted by atomic mass is 10.1. The Hall–Kier alpha value is -0.930. The fraction of sp³-hybridized carbons (Fsp3) is 0.273. The number of rotatable bonds is 3. The topological polar surface area (TPSA) is 25.8 Å². The third kappa shape index (κ3) is 2.76. The first kappa shape index (κ1) is 10.6. The largest absolute Gasteiger partial charge is 0.143 e. The van der Waals surface area contributed by atoms with Gasteiger partial charge in [-0.1, -0.05) is 41.2 Å². The van der Waals surface area contributed by atoms with Gasteiger partial charge in [0, 0.05) is 6.42 Å². The number of aryl methyl sites for hydroxylation is 1. The molecule has 0 radical (unpaired) electrons. The van der Waals surface area contributed by atoms with Crippen molar-refractivity contribution in [2.24, 2.45) is 0 Å². The Kier molecular flexibility index (Phi) is 3.34. The molecule has 2 nitrogen and oxygen atoms in total. The molecule has 15 heavy (non-hydrogen) atoms. The van der Waals surface area contributed by atoms with Crippen molar-refractivity contribution in [3.05, 3.63) is 45.4 Å². The molecule has 78 valence electrons. The van der Waals surface area contributed by atoms with Crippen LogP contribution in [-0.4, -0.2) is 10.2 Å². The van der Waals surface area contributed by atoms with Gasteiger partial charge in [-0.2, -0.15) is 0 Å². The van der Waals surface area contributed by atoms with Gasteiger partial charge in [0.1, 0.15) is 10.0 Å². The summed E-state index contributed by atoms with van der Waals surface area (Å²) < 4.78 is 0. The molecule has 0 bridgehead atoms. The molecular weight excluding hydrogens is 228 g/mol. The lowest BCUT2D eigenvalue weighted by Gasteiger charge is -1.97. The van der Waals surface area contributed by atoms with Crippen LogP contribution < -0.4 is 0 Å². The van der Waals surface area contributed by atoms with Gasteiger partial charge in [-0.3, -0.25) is 0 Å². The summed E-state index contributed by atoms with van der Waals surface area (Å²) in [7, 11) is 0. The van der Waals surface area contributed by atoms with Crippen LogP contribution >= 0.6 is 22.9 Å². The zero-order chi connectivity index (χ0) is 10.7. The lowest BCUT2D eigenvalue weighted by Crippen LogP contribution is -1.87. The van der Waals surface area contributed by atoms with Crippen LogP contribution in [0.15, 0.2) is 24.3 Å². The highest BCUT2D eigenvalue weighted by Gasteiger charge is 2.03. The van der Waals surface area contributed by atoms with E-state index in [1.165, 1.54) is 11.1 Å². The molecule has 2 rings (SSSR count). The summed E-state index contributed by atoms with van der Waals surface area (Å²) >= 11 is 7.25. The lowest BCUT2D eigenvalue weighted by molar-refractivity contribution is 0.976. The molecule has 4 heteroatoms. The van der Waals surface area contributed by atoms with Crippen LogP contribution in [0.25, 0.3) is 0 Å². The molecule has 1 heterocycles. The van der Waals surface area contributed by atoms with Gasteiger partial charge >= 0.3 is 0 Å². The number of aromatic nitrogens is 2. The molecule has 0 aliphatic heterocycles. The molecule has 0 spiro atoms. The summed E-state index contributed by atoms with van der Waals surface area (Å²) in [4.78, 5) is 0. The molecule has 0 saturated carbocycles. The fourth-order valence-corrected chi connectivity index (χ4v) is 2.24. The van der Waals surface area contributed by atoms with Crippen LogP contribution in [0, 0.1) is 6.92 Å². The minimum absolute atomic E-state index is 0.450. The second kappa shape index (κ2) is 4.73. The number of nitrogens with zero attached hydrogens (tertiary/aromatic N) is 2. The van der Waals surface area contributed by atoms with Crippen molar-refractivity contribution in [2.45, 2.75) is 19.2 Å². The highest BCUT2D eigenvalue weighted by molar-refractivity contribution is 7.11. The molecule has 0 saturated heterocycles. The third-order valence-corrected chi connectivity index (χ3v) is 3.43. The first-order valence-corrected chi connectivity index (χ1v) is 6.06. The number of halogens is 1. The molecule has 2 aromatic rings. The molecule has 0 fully saturated rings. The highest BCUT2D eigenvalue weighted by atomic mass is 35.5. The van der Waals surface area contributed by atoms with E-state index < -0.39 is 0 Å². The first-order valence-electron chi connectivity index (χ1n) is 4.70. The quantitative estimate of drug-likeness (QED) is 0.768. The van der Waals surface area contributed by atoms with E-state index >= 15 is 0 Å². The van der Waals surface area contributed by atoms with E-state index in [1.54, 1.807) is 11.3 Å². The number of hydrogen-bond donors (Lipinski definition) is 0. The average molecular weight is 239 g/mol. The minimum Gasteiger partial charge on any atom is -0.143 e. The Morgan fingerprint density at radius 3 is 2.40 bits per heavy atom. The summed E-state index contributed by atoms with van der Waals surface area (Å²) in [5.41, 5.74) is 2.54. The number of benzene rings is 1. The van der Waals surface area contributed by atoms with Crippen molar-refractivity contribution >= 4 is 22.9 Å². The number of alkyl halides is 1. The van der Waals surface area contributed by atoms with Gasteiger partial charge in [0.25, 0.3) is 0 Å².